The van der Waals surface area contributed by atoms with Gasteiger partial charge in [-0.1, -0.05) is 16.7 Å². The number of nitrogens with zero attached hydrogens (tertiary/aromatic N) is 4. The predicted octanol–water partition coefficient (Wildman–Crippen LogP) is 1.12. The van der Waals surface area contributed by atoms with E-state index in [0.717, 1.165) is 0 Å². The smallest absolute Gasteiger partial charge is 0.270 e. The fourth-order valence-electron chi connectivity index (χ4n) is 1.11. The molecule has 0 saturated carbocycles. The Morgan fingerprint density at radius 1 is 1.38 bits per heavy atom. The summed E-state index contributed by atoms with van der Waals surface area (Å²) in [6.07, 6.45) is 0. The van der Waals surface area contributed by atoms with Crippen LogP contribution in [0.1, 0.15) is 10.4 Å². The summed E-state index contributed by atoms with van der Waals surface area (Å²) in [5.41, 5.74) is 0.483. The van der Waals surface area contributed by atoms with Crippen molar-refractivity contribution in [3.63, 3.8) is 0 Å². The predicted molar refractivity (Wildman–Crippen MR) is 58.2 cm³/mol. The van der Waals surface area contributed by atoms with Crippen LogP contribution in [0.4, 0.5) is 5.95 Å². The molecule has 0 radical (unpaired) electrons. The lowest BCUT2D eigenvalue weighted by Gasteiger charge is -1.99. The lowest BCUT2D eigenvalue weighted by atomic mass is 10.2. The van der Waals surface area contributed by atoms with E-state index in [0.29, 0.717) is 10.6 Å². The van der Waals surface area contributed by atoms with Gasteiger partial charge in [-0.2, -0.15) is 4.80 Å². The van der Waals surface area contributed by atoms with E-state index in [-0.39, 0.29) is 11.9 Å². The number of halogens is 1. The van der Waals surface area contributed by atoms with Crippen molar-refractivity contribution < 1.29 is 4.79 Å². The third kappa shape index (κ3) is 2.34. The maximum atomic E-state index is 11.7. The van der Waals surface area contributed by atoms with E-state index >= 15 is 0 Å². The number of carbonyl (C=O) groups excluding carboxylic acids is 1. The average Bonchev–Trinajstić information content (AvgIpc) is 2.65. The molecule has 16 heavy (non-hydrogen) atoms. The van der Waals surface area contributed by atoms with Crippen molar-refractivity contribution in [1.29, 1.82) is 0 Å². The Balaban J connectivity index is 2.11. The van der Waals surface area contributed by atoms with Gasteiger partial charge < -0.3 is 0 Å². The van der Waals surface area contributed by atoms with Gasteiger partial charge in [0.15, 0.2) is 0 Å². The van der Waals surface area contributed by atoms with Crippen molar-refractivity contribution in [2.24, 2.45) is 7.05 Å². The zero-order valence-corrected chi connectivity index (χ0v) is 9.14. The summed E-state index contributed by atoms with van der Waals surface area (Å²) in [6.45, 7) is 0. The molecule has 1 aromatic heterocycles. The third-order valence-corrected chi connectivity index (χ3v) is 2.09. The Morgan fingerprint density at radius 3 is 2.62 bits per heavy atom. The number of aryl methyl sites for hydroxylation is 1. The fraction of sp³-hybridized carbons (Fsp3) is 0.111. The highest BCUT2D eigenvalue weighted by molar-refractivity contribution is 6.30. The van der Waals surface area contributed by atoms with Crippen LogP contribution in [0.15, 0.2) is 24.3 Å². The number of aromatic nitrogens is 4. The van der Waals surface area contributed by atoms with Crippen LogP contribution in [-0.4, -0.2) is 26.1 Å². The van der Waals surface area contributed by atoms with E-state index < -0.39 is 0 Å². The van der Waals surface area contributed by atoms with Crippen LogP contribution in [0.2, 0.25) is 5.02 Å². The summed E-state index contributed by atoms with van der Waals surface area (Å²) in [5, 5.41) is 14.2. The Morgan fingerprint density at radius 2 is 2.06 bits per heavy atom. The van der Waals surface area contributed by atoms with Crippen LogP contribution >= 0.6 is 11.6 Å². The van der Waals surface area contributed by atoms with Crippen molar-refractivity contribution in [2.45, 2.75) is 0 Å². The maximum absolute atomic E-state index is 11.7. The van der Waals surface area contributed by atoms with Gasteiger partial charge >= 0.3 is 0 Å². The van der Waals surface area contributed by atoms with E-state index in [1.807, 2.05) is 0 Å². The van der Waals surface area contributed by atoms with Crippen molar-refractivity contribution in [3.8, 4) is 0 Å². The van der Waals surface area contributed by atoms with Crippen molar-refractivity contribution in [3.05, 3.63) is 34.9 Å². The minimum absolute atomic E-state index is 0.169. The topological polar surface area (TPSA) is 72.7 Å². The monoisotopic (exact) mass is 237 g/mol. The summed E-state index contributed by atoms with van der Waals surface area (Å²) in [6, 6.07) is 6.52. The first-order chi connectivity index (χ1) is 7.65. The molecule has 0 unspecified atom stereocenters. The van der Waals surface area contributed by atoms with Gasteiger partial charge in [0.1, 0.15) is 0 Å². The molecule has 6 nitrogen and oxygen atoms in total. The first kappa shape index (κ1) is 10.6. The zero-order valence-electron chi connectivity index (χ0n) is 8.38. The number of anilines is 1. The molecule has 1 N–H and O–H groups in total. The van der Waals surface area contributed by atoms with E-state index in [9.17, 15) is 4.79 Å². The Labute approximate surface area is 96.2 Å². The van der Waals surface area contributed by atoms with Gasteiger partial charge in [-0.3, -0.25) is 10.1 Å². The summed E-state index contributed by atoms with van der Waals surface area (Å²) in [5.74, 6) is -0.132. The minimum atomic E-state index is -0.301. The van der Waals surface area contributed by atoms with Crippen LogP contribution in [0.5, 0.6) is 0 Å². The molecule has 0 fully saturated rings. The second-order valence-corrected chi connectivity index (χ2v) is 3.50. The second-order valence-electron chi connectivity index (χ2n) is 3.06. The normalized spacial score (nSPS) is 10.1. The first-order valence-electron chi connectivity index (χ1n) is 4.46. The van der Waals surface area contributed by atoms with Gasteiger partial charge in [0.25, 0.3) is 11.9 Å². The largest absolute Gasteiger partial charge is 0.288 e. The number of benzene rings is 1. The summed E-state index contributed by atoms with van der Waals surface area (Å²) >= 11 is 5.71. The van der Waals surface area contributed by atoms with Crippen molar-refractivity contribution in [1.82, 2.24) is 20.2 Å². The van der Waals surface area contributed by atoms with Crippen LogP contribution in [0.25, 0.3) is 0 Å². The molecule has 0 spiro atoms. The number of carbonyl (C=O) groups is 1. The molecule has 2 rings (SSSR count). The highest BCUT2D eigenvalue weighted by Crippen LogP contribution is 2.10. The van der Waals surface area contributed by atoms with E-state index in [4.69, 9.17) is 11.6 Å². The van der Waals surface area contributed by atoms with Gasteiger partial charge in [0, 0.05) is 10.6 Å². The van der Waals surface area contributed by atoms with Gasteiger partial charge in [0.05, 0.1) is 7.05 Å². The van der Waals surface area contributed by atoms with E-state index in [2.05, 4.69) is 20.7 Å². The molecular formula is C9H8ClN5O. The number of amides is 1. The van der Waals surface area contributed by atoms with Crippen molar-refractivity contribution in [2.75, 3.05) is 5.32 Å². The van der Waals surface area contributed by atoms with Gasteiger partial charge in [0.2, 0.25) is 0 Å². The van der Waals surface area contributed by atoms with E-state index in [1.165, 1.54) is 4.80 Å². The summed E-state index contributed by atoms with van der Waals surface area (Å²) in [4.78, 5) is 12.9. The highest BCUT2D eigenvalue weighted by Gasteiger charge is 2.08. The molecule has 0 bridgehead atoms. The lowest BCUT2D eigenvalue weighted by molar-refractivity contribution is 0.102. The van der Waals surface area contributed by atoms with Crippen LogP contribution in [0, 0.1) is 0 Å². The summed E-state index contributed by atoms with van der Waals surface area (Å²) < 4.78 is 0. The standard InChI is InChI=1S/C9H8ClN5O/c1-15-13-9(12-14-15)11-8(16)6-2-4-7(10)5-3-6/h2-5H,1H3,(H,11,13,16). The Hall–Kier alpha value is -1.95. The number of rotatable bonds is 2. The molecule has 82 valence electrons. The van der Waals surface area contributed by atoms with Gasteiger partial charge in [-0.25, -0.2) is 0 Å². The Bertz CT molecular complexity index is 507. The average molecular weight is 238 g/mol. The minimum Gasteiger partial charge on any atom is -0.288 e. The highest BCUT2D eigenvalue weighted by atomic mass is 35.5. The summed E-state index contributed by atoms with van der Waals surface area (Å²) in [7, 11) is 1.62. The fourth-order valence-corrected chi connectivity index (χ4v) is 1.24. The molecule has 0 aliphatic rings. The lowest BCUT2D eigenvalue weighted by Crippen LogP contribution is -2.13. The first-order valence-corrected chi connectivity index (χ1v) is 4.84. The molecule has 0 aliphatic heterocycles. The van der Waals surface area contributed by atoms with Gasteiger partial charge in [-0.05, 0) is 29.5 Å². The number of hydrogen-bond donors (Lipinski definition) is 1. The molecule has 1 aromatic carbocycles. The molecule has 0 atom stereocenters. The quantitative estimate of drug-likeness (QED) is 0.849. The third-order valence-electron chi connectivity index (χ3n) is 1.84. The van der Waals surface area contributed by atoms with Gasteiger partial charge in [-0.15, -0.1) is 5.10 Å². The van der Waals surface area contributed by atoms with Crippen LogP contribution in [0.3, 0.4) is 0 Å². The zero-order chi connectivity index (χ0) is 11.5. The van der Waals surface area contributed by atoms with E-state index in [1.54, 1.807) is 31.3 Å². The van der Waals surface area contributed by atoms with Crippen molar-refractivity contribution >= 4 is 23.5 Å². The van der Waals surface area contributed by atoms with Crippen LogP contribution < -0.4 is 5.32 Å². The molecule has 1 heterocycles. The van der Waals surface area contributed by atoms with Crippen LogP contribution in [-0.2, 0) is 7.05 Å². The number of tetrazole rings is 1. The molecule has 0 saturated heterocycles. The Kier molecular flexibility index (Phi) is 2.82. The molecular weight excluding hydrogens is 230 g/mol. The maximum Gasteiger partial charge on any atom is 0.270 e. The second kappa shape index (κ2) is 4.28. The number of nitrogens with one attached hydrogen (secondary N) is 1. The molecule has 2 aromatic rings. The number of hydrogen-bond acceptors (Lipinski definition) is 4. The molecule has 7 heteroatoms. The molecule has 0 aliphatic carbocycles. The SMILES string of the molecule is Cn1nnc(NC(=O)c2ccc(Cl)cc2)n1. The molecule has 1 amide bonds.